The fourth-order valence-corrected chi connectivity index (χ4v) is 12.7. The summed E-state index contributed by atoms with van der Waals surface area (Å²) < 4.78 is 20.8. The number of nitrogens with zero attached hydrogens (tertiary/aromatic N) is 15. The Bertz CT molecular complexity index is 5790. The molecule has 1 fully saturated rings. The minimum Gasteiger partial charge on any atom is -0.399 e. The maximum atomic E-state index is 11.4. The molecule has 1 aliphatic heterocycles. The van der Waals surface area contributed by atoms with Crippen molar-refractivity contribution >= 4 is 103 Å². The highest BCUT2D eigenvalue weighted by molar-refractivity contribution is 9.10. The minimum absolute atomic E-state index is 0.0298. The summed E-state index contributed by atoms with van der Waals surface area (Å²) in [6.45, 7) is 36.6. The molecule has 15 aromatic rings. The number of rotatable bonds is 10. The van der Waals surface area contributed by atoms with Crippen LogP contribution in [0.3, 0.4) is 0 Å². The lowest BCUT2D eigenvalue weighted by molar-refractivity contribution is -0.114. The molecule has 580 valence electrons. The molecule has 16 rings (SSSR count). The summed E-state index contributed by atoms with van der Waals surface area (Å²) in [4.78, 5) is 59.7. The van der Waals surface area contributed by atoms with Gasteiger partial charge in [-0.2, -0.15) is 0 Å². The fourth-order valence-electron chi connectivity index (χ4n) is 11.9. The number of aryl methyl sites for hydroxylation is 4. The topological polar surface area (TPSA) is 243 Å². The Balaban J connectivity index is 0.000000138. The Kier molecular flexibility index (Phi) is 25.7. The lowest BCUT2D eigenvalue weighted by Gasteiger charge is -2.32. The van der Waals surface area contributed by atoms with Gasteiger partial charge in [0.25, 0.3) is 0 Å². The van der Waals surface area contributed by atoms with Gasteiger partial charge in [0, 0.05) is 139 Å². The van der Waals surface area contributed by atoms with Crippen molar-refractivity contribution in [1.29, 1.82) is 0 Å². The molecular weight excluding hydrogens is 1520 g/mol. The van der Waals surface area contributed by atoms with E-state index in [-0.39, 0.29) is 33.7 Å². The van der Waals surface area contributed by atoms with E-state index in [1.165, 1.54) is 6.92 Å². The predicted molar refractivity (Wildman–Crippen MR) is 462 cm³/mol. The van der Waals surface area contributed by atoms with Gasteiger partial charge >= 0.3 is 7.12 Å². The number of imidazole rings is 4. The summed E-state index contributed by atoms with van der Waals surface area (Å²) in [5.74, 6) is 3.44. The second kappa shape index (κ2) is 35.2. The molecule has 113 heavy (non-hydrogen) atoms. The minimum atomic E-state index is -0.439. The number of hydrogen-bond donors (Lipinski definition) is 4. The van der Waals surface area contributed by atoms with Crippen molar-refractivity contribution < 1.29 is 14.1 Å². The van der Waals surface area contributed by atoms with Crippen LogP contribution >= 0.6 is 39.1 Å². The Hall–Kier alpha value is -11.3. The van der Waals surface area contributed by atoms with Crippen molar-refractivity contribution in [3.8, 4) is 56.2 Å². The van der Waals surface area contributed by atoms with Gasteiger partial charge in [0.1, 0.15) is 56.2 Å². The normalized spacial score (nSPS) is 12.9. The molecule has 0 atom stereocenters. The van der Waals surface area contributed by atoms with Crippen molar-refractivity contribution in [1.82, 2.24) is 72.4 Å². The molecule has 22 nitrogen and oxygen atoms in total. The maximum Gasteiger partial charge on any atom is 0.498 e. The molecule has 15 aromatic heterocycles. The van der Waals surface area contributed by atoms with Crippen LogP contribution in [-0.2, 0) is 14.1 Å². The number of nitrogens with one attached hydrogen (secondary N) is 4. The third kappa shape index (κ3) is 21.7. The Labute approximate surface area is 679 Å². The number of carbonyl (C=O) groups excluding carboxylic acids is 1. The highest BCUT2D eigenvalue weighted by Crippen LogP contribution is 2.38. The first-order chi connectivity index (χ1) is 53.5. The summed E-state index contributed by atoms with van der Waals surface area (Å²) in [5, 5.41) is 14.1. The van der Waals surface area contributed by atoms with Crippen LogP contribution in [0, 0.1) is 27.7 Å². The van der Waals surface area contributed by atoms with Gasteiger partial charge in [0.2, 0.25) is 5.91 Å². The number of aromatic nitrogens is 15. The van der Waals surface area contributed by atoms with Crippen LogP contribution in [0.5, 0.6) is 0 Å². The van der Waals surface area contributed by atoms with E-state index < -0.39 is 7.12 Å². The molecule has 0 unspecified atom stereocenters. The molecule has 0 spiro atoms. The molecular formula is C87H95BBrCl2N19O3. The van der Waals surface area contributed by atoms with Crippen LogP contribution in [0.1, 0.15) is 120 Å². The maximum absolute atomic E-state index is 11.4. The predicted octanol–water partition coefficient (Wildman–Crippen LogP) is 20.0. The molecule has 1 saturated heterocycles. The van der Waals surface area contributed by atoms with Gasteiger partial charge in [-0.15, -0.1) is 0 Å². The second-order valence-corrected chi connectivity index (χ2v) is 32.9. The summed E-state index contributed by atoms with van der Waals surface area (Å²) in [6.07, 6.45) is 22.2. The van der Waals surface area contributed by atoms with Crippen LogP contribution in [0.25, 0.3) is 78.7 Å². The van der Waals surface area contributed by atoms with Crippen molar-refractivity contribution in [3.05, 3.63) is 264 Å². The lowest BCUT2D eigenvalue weighted by Crippen LogP contribution is -2.41. The first-order valence-corrected chi connectivity index (χ1v) is 38.5. The van der Waals surface area contributed by atoms with Gasteiger partial charge < -0.3 is 30.6 Å². The van der Waals surface area contributed by atoms with Crippen LogP contribution in [-0.4, -0.2) is 113 Å². The van der Waals surface area contributed by atoms with Crippen LogP contribution < -0.4 is 26.7 Å². The molecule has 1 aliphatic rings. The van der Waals surface area contributed by atoms with Gasteiger partial charge in [0.15, 0.2) is 0 Å². The standard InChI is InChI=1S/C22H23N5.C20H17N5O.C16H17ClN4.C11H15BClNO2.C11H14BrN3.C7H9N/c1-15-7-5-9-18(25-15)21-17(8-6-12-23-21)16-10-11-19-24-13-20(27(19)14-16)26-22(2,3)4;1-13-5-3-7-17(23-13)20-16(6-4-10-21-20)15-8-9-18-22-11-19(24-14(2)26)25(18)12-15;1-16(2,3)20-14-9-19-13-7-6-11(10-21(13)14)12-5-4-8-18-15(12)17;1-10(2)11(3,4)16-12(15-10)8-6-5-7-14-9(8)13;1-11(2,3)14-10-6-13-9-5-4-8(12)7-15(9)10;1-6-4-3-5-7(2)8-6/h5-14,26H,1-4H3;3-12H,1-2H3,(H,24,26);4-10,20H,1-3H3;5-7H,1-4H3;4-7,14H,1-3H3;3-5H,1-2H3. The van der Waals surface area contributed by atoms with Gasteiger partial charge in [0.05, 0.1) is 58.8 Å². The molecule has 0 radical (unpaired) electrons. The molecule has 26 heteroatoms. The van der Waals surface area contributed by atoms with E-state index in [4.69, 9.17) is 32.5 Å². The molecule has 1 amide bonds. The SMILES string of the molecule is CC(=O)Nc1cnc2ccc(-c3cccnc3-c3cccc(C)n3)cn12.CC(C)(C)Nc1cnc2ccc(-c3cccnc3Cl)cn12.CC(C)(C)Nc1cnc2ccc(Br)cn12.CC1(C)OB(c2cccnc2Cl)OC1(C)C.Cc1cccc(-c2ncccc2-c2ccc3ncc(NC(C)(C)C)n3c2)n1.Cc1cccc(C)n1. The van der Waals surface area contributed by atoms with Crippen LogP contribution in [0.15, 0.2) is 230 Å². The van der Waals surface area contributed by atoms with Crippen LogP contribution in [0.4, 0.5) is 23.3 Å². The van der Waals surface area contributed by atoms with E-state index in [0.717, 1.165) is 129 Å². The summed E-state index contributed by atoms with van der Waals surface area (Å²) in [5.41, 5.74) is 17.0. The fraction of sp³-hybridized carbons (Fsp3) is 0.264. The zero-order valence-electron chi connectivity index (χ0n) is 67.0. The number of anilines is 4. The quantitative estimate of drug-likeness (QED) is 0.0734. The lowest BCUT2D eigenvalue weighted by atomic mass is 9.80. The largest absolute Gasteiger partial charge is 0.498 e. The third-order valence-corrected chi connectivity index (χ3v) is 18.8. The van der Waals surface area contributed by atoms with E-state index >= 15 is 0 Å². The third-order valence-electron chi connectivity index (χ3n) is 17.7. The monoisotopic (exact) mass is 1610 g/mol. The highest BCUT2D eigenvalue weighted by atomic mass is 79.9. The van der Waals surface area contributed by atoms with E-state index in [1.54, 1.807) is 24.8 Å². The van der Waals surface area contributed by atoms with Gasteiger partial charge in [-0.25, -0.2) is 29.9 Å². The van der Waals surface area contributed by atoms with Gasteiger partial charge in [-0.3, -0.25) is 47.3 Å². The van der Waals surface area contributed by atoms with Gasteiger partial charge in [-0.05, 0) is 249 Å². The van der Waals surface area contributed by atoms with E-state index in [9.17, 15) is 4.79 Å². The van der Waals surface area contributed by atoms with E-state index in [0.29, 0.717) is 16.1 Å². The summed E-state index contributed by atoms with van der Waals surface area (Å²) in [7, 11) is -0.439. The molecule has 0 aromatic carbocycles. The zero-order chi connectivity index (χ0) is 81.2. The van der Waals surface area contributed by atoms with Gasteiger partial charge in [-0.1, -0.05) is 59.6 Å². The zero-order valence-corrected chi connectivity index (χ0v) is 70.1. The second-order valence-electron chi connectivity index (χ2n) is 31.3. The van der Waals surface area contributed by atoms with E-state index in [2.05, 4.69) is 177 Å². The summed E-state index contributed by atoms with van der Waals surface area (Å²) >= 11 is 15.7. The molecule has 0 aliphatic carbocycles. The number of amides is 1. The molecule has 0 bridgehead atoms. The highest BCUT2D eigenvalue weighted by Gasteiger charge is 2.52. The Morgan fingerprint density at radius 2 is 0.752 bits per heavy atom. The smallest absolute Gasteiger partial charge is 0.399 e. The van der Waals surface area contributed by atoms with E-state index in [1.807, 2.05) is 251 Å². The summed E-state index contributed by atoms with van der Waals surface area (Å²) in [6, 6.07) is 49.4. The number of hydrogen-bond acceptors (Lipinski definition) is 17. The molecule has 4 N–H and O–H groups in total. The Morgan fingerprint density at radius 3 is 1.13 bits per heavy atom. The average molecular weight is 1620 g/mol. The molecule has 16 heterocycles. The number of pyridine rings is 11. The van der Waals surface area contributed by atoms with Crippen LogP contribution in [0.2, 0.25) is 10.3 Å². The number of fused-ring (bicyclic) bond motifs is 4. The Morgan fingerprint density at radius 1 is 0.407 bits per heavy atom. The first-order valence-electron chi connectivity index (χ1n) is 37.0. The molecule has 0 saturated carbocycles. The average Bonchev–Trinajstić information content (AvgIpc) is 1.66. The first kappa shape index (κ1) is 82.7. The van der Waals surface area contributed by atoms with Crippen molar-refractivity contribution in [2.45, 2.75) is 152 Å². The van der Waals surface area contributed by atoms with Crippen molar-refractivity contribution in [2.24, 2.45) is 0 Å². The number of carbonyl (C=O) groups is 1. The number of halogens is 3. The van der Waals surface area contributed by atoms with Crippen molar-refractivity contribution in [3.63, 3.8) is 0 Å². The van der Waals surface area contributed by atoms with Crippen molar-refractivity contribution in [2.75, 3.05) is 21.3 Å².